The van der Waals surface area contributed by atoms with Crippen molar-refractivity contribution in [3.63, 3.8) is 0 Å². The molecule has 0 atom stereocenters. The summed E-state index contributed by atoms with van der Waals surface area (Å²) in [5.74, 6) is -0.468. The van der Waals surface area contributed by atoms with E-state index in [2.05, 4.69) is 15.0 Å². The van der Waals surface area contributed by atoms with Crippen molar-refractivity contribution in [3.05, 3.63) is 65.3 Å². The molecule has 1 aromatic heterocycles. The number of amides is 1. The second kappa shape index (κ2) is 7.23. The Balaban J connectivity index is 1.47. The molecule has 3 aromatic rings. The van der Waals surface area contributed by atoms with Gasteiger partial charge in [0, 0.05) is 16.6 Å². The monoisotopic (exact) mass is 431 g/mol. The zero-order valence-corrected chi connectivity index (χ0v) is 17.1. The van der Waals surface area contributed by atoms with E-state index in [1.165, 1.54) is 23.5 Å². The number of nitrogens with zero attached hydrogens (tertiary/aromatic N) is 1. The van der Waals surface area contributed by atoms with E-state index >= 15 is 0 Å². The predicted octanol–water partition coefficient (Wildman–Crippen LogP) is 3.99. The third-order valence-electron chi connectivity index (χ3n) is 4.79. The van der Waals surface area contributed by atoms with Crippen LogP contribution in [-0.4, -0.2) is 25.6 Å². The number of carbonyl (C=O) groups is 1. The van der Waals surface area contributed by atoms with Gasteiger partial charge in [0.15, 0.2) is 5.13 Å². The number of sulfonamides is 1. The highest BCUT2D eigenvalue weighted by Gasteiger charge is 2.51. The summed E-state index contributed by atoms with van der Waals surface area (Å²) in [6, 6.07) is 12.9. The van der Waals surface area contributed by atoms with E-state index in [0.717, 1.165) is 30.2 Å². The Hall–Kier alpha value is -2.78. The molecular weight excluding hydrogens is 413 g/mol. The second-order valence-electron chi connectivity index (χ2n) is 7.03. The summed E-state index contributed by atoms with van der Waals surface area (Å²) in [5, 5.41) is 5.18. The Bertz CT molecular complexity index is 1150. The van der Waals surface area contributed by atoms with Crippen LogP contribution in [0.15, 0.2) is 53.9 Å². The summed E-state index contributed by atoms with van der Waals surface area (Å²) in [7, 11) is -3.33. The average molecular weight is 432 g/mol. The Morgan fingerprint density at radius 2 is 1.76 bits per heavy atom. The molecule has 9 heteroatoms. The lowest BCUT2D eigenvalue weighted by molar-refractivity contribution is -0.118. The average Bonchev–Trinajstić information content (AvgIpc) is 3.35. The molecule has 1 fully saturated rings. The van der Waals surface area contributed by atoms with Crippen LogP contribution in [-0.2, 0) is 20.2 Å². The minimum atomic E-state index is -3.33. The lowest BCUT2D eigenvalue weighted by Gasteiger charge is -2.14. The number of hydrogen-bond donors (Lipinski definition) is 2. The number of carbonyl (C=O) groups excluding carboxylic acids is 1. The van der Waals surface area contributed by atoms with Gasteiger partial charge < -0.3 is 5.32 Å². The van der Waals surface area contributed by atoms with Crippen LogP contribution in [0.25, 0.3) is 11.3 Å². The lowest BCUT2D eigenvalue weighted by atomic mass is 9.95. The summed E-state index contributed by atoms with van der Waals surface area (Å²) < 4.78 is 38.2. The Kier molecular flexibility index (Phi) is 4.87. The Morgan fingerprint density at radius 1 is 1.10 bits per heavy atom. The maximum Gasteiger partial charge on any atom is 0.236 e. The molecule has 1 saturated carbocycles. The molecule has 150 valence electrons. The van der Waals surface area contributed by atoms with E-state index in [0.29, 0.717) is 16.5 Å². The second-order valence-corrected chi connectivity index (χ2v) is 9.64. The third kappa shape index (κ3) is 4.30. The number of nitrogens with one attached hydrogen (secondary N) is 2. The molecule has 0 radical (unpaired) electrons. The molecule has 0 saturated heterocycles. The van der Waals surface area contributed by atoms with Gasteiger partial charge in [-0.15, -0.1) is 11.3 Å². The van der Waals surface area contributed by atoms with E-state index in [-0.39, 0.29) is 11.7 Å². The van der Waals surface area contributed by atoms with Crippen LogP contribution in [0.5, 0.6) is 0 Å². The highest BCUT2D eigenvalue weighted by atomic mass is 32.2. The van der Waals surface area contributed by atoms with Crippen LogP contribution in [0, 0.1) is 5.82 Å². The van der Waals surface area contributed by atoms with Gasteiger partial charge in [0.25, 0.3) is 0 Å². The SMILES string of the molecule is CS(=O)(=O)Nc1ccc(-c2csc(NC(=O)C3(c4ccc(F)cc4)CC3)n2)cc1. The van der Waals surface area contributed by atoms with E-state index in [4.69, 9.17) is 0 Å². The first-order valence-corrected chi connectivity index (χ1v) is 11.6. The fourth-order valence-corrected chi connectivity index (χ4v) is 4.42. The number of hydrogen-bond acceptors (Lipinski definition) is 5. The molecular formula is C20H18FN3O3S2. The maximum atomic E-state index is 13.2. The number of thiazole rings is 1. The molecule has 0 unspecified atom stereocenters. The topological polar surface area (TPSA) is 88.2 Å². The summed E-state index contributed by atoms with van der Waals surface area (Å²) in [6.07, 6.45) is 2.53. The molecule has 29 heavy (non-hydrogen) atoms. The first kappa shape index (κ1) is 19.5. The normalized spacial score (nSPS) is 15.0. The highest BCUT2D eigenvalue weighted by Crippen LogP contribution is 2.49. The Labute approximate surface area is 171 Å². The molecule has 6 nitrogen and oxygen atoms in total. The van der Waals surface area contributed by atoms with Gasteiger partial charge in [0.1, 0.15) is 5.82 Å². The Morgan fingerprint density at radius 3 is 2.34 bits per heavy atom. The molecule has 1 heterocycles. The summed E-state index contributed by atoms with van der Waals surface area (Å²) in [5.41, 5.74) is 2.15. The zero-order chi connectivity index (χ0) is 20.6. The van der Waals surface area contributed by atoms with Gasteiger partial charge in [-0.2, -0.15) is 0 Å². The van der Waals surface area contributed by atoms with Crippen molar-refractivity contribution in [2.45, 2.75) is 18.3 Å². The predicted molar refractivity (Wildman–Crippen MR) is 112 cm³/mol. The van der Waals surface area contributed by atoms with Crippen LogP contribution in [0.2, 0.25) is 0 Å². The van der Waals surface area contributed by atoms with Gasteiger partial charge in [0.2, 0.25) is 15.9 Å². The first-order chi connectivity index (χ1) is 13.7. The molecule has 0 aliphatic heterocycles. The smallest absolute Gasteiger partial charge is 0.236 e. The van der Waals surface area contributed by atoms with Gasteiger partial charge in [-0.05, 0) is 42.7 Å². The van der Waals surface area contributed by atoms with Gasteiger partial charge in [0.05, 0.1) is 17.4 Å². The molecule has 0 bridgehead atoms. The van der Waals surface area contributed by atoms with Crippen LogP contribution in [0.3, 0.4) is 0 Å². The van der Waals surface area contributed by atoms with Crippen molar-refractivity contribution in [1.29, 1.82) is 0 Å². The van der Waals surface area contributed by atoms with Crippen molar-refractivity contribution in [2.24, 2.45) is 0 Å². The van der Waals surface area contributed by atoms with Crippen molar-refractivity contribution in [1.82, 2.24) is 4.98 Å². The van der Waals surface area contributed by atoms with E-state index in [1.54, 1.807) is 36.4 Å². The third-order valence-corrected chi connectivity index (χ3v) is 6.15. The number of benzene rings is 2. The summed E-state index contributed by atoms with van der Waals surface area (Å²) in [4.78, 5) is 17.3. The largest absolute Gasteiger partial charge is 0.301 e. The lowest BCUT2D eigenvalue weighted by Crippen LogP contribution is -2.27. The fourth-order valence-electron chi connectivity index (χ4n) is 3.14. The number of halogens is 1. The van der Waals surface area contributed by atoms with Crippen LogP contribution >= 0.6 is 11.3 Å². The number of rotatable bonds is 6. The molecule has 4 rings (SSSR count). The van der Waals surface area contributed by atoms with Crippen molar-refractivity contribution >= 4 is 38.1 Å². The van der Waals surface area contributed by atoms with Crippen molar-refractivity contribution in [3.8, 4) is 11.3 Å². The maximum absolute atomic E-state index is 13.2. The van der Waals surface area contributed by atoms with Gasteiger partial charge in [-0.25, -0.2) is 17.8 Å². The van der Waals surface area contributed by atoms with Crippen molar-refractivity contribution in [2.75, 3.05) is 16.3 Å². The molecule has 1 aliphatic rings. The fraction of sp³-hybridized carbons (Fsp3) is 0.200. The first-order valence-electron chi connectivity index (χ1n) is 8.86. The highest BCUT2D eigenvalue weighted by molar-refractivity contribution is 7.92. The van der Waals surface area contributed by atoms with Crippen LogP contribution < -0.4 is 10.0 Å². The van der Waals surface area contributed by atoms with Crippen molar-refractivity contribution < 1.29 is 17.6 Å². The molecule has 1 aliphatic carbocycles. The van der Waals surface area contributed by atoms with Gasteiger partial charge in [-0.3, -0.25) is 9.52 Å². The molecule has 2 aromatic carbocycles. The number of anilines is 2. The molecule has 0 spiro atoms. The van der Waals surface area contributed by atoms with E-state index < -0.39 is 15.4 Å². The number of aromatic nitrogens is 1. The summed E-state index contributed by atoms with van der Waals surface area (Å²) >= 11 is 1.31. The van der Waals surface area contributed by atoms with Crippen LogP contribution in [0.4, 0.5) is 15.2 Å². The molecule has 2 N–H and O–H groups in total. The zero-order valence-electron chi connectivity index (χ0n) is 15.5. The quantitative estimate of drug-likeness (QED) is 0.618. The van der Waals surface area contributed by atoms with Gasteiger partial charge in [-0.1, -0.05) is 24.3 Å². The van der Waals surface area contributed by atoms with E-state index in [9.17, 15) is 17.6 Å². The standard InChI is InChI=1S/C20H18FN3O3S2/c1-29(26,27)24-16-8-2-13(3-9-16)17-12-28-19(22-17)23-18(25)20(10-11-20)14-4-6-15(21)7-5-14/h2-9,12,24H,10-11H2,1H3,(H,22,23,25). The van der Waals surface area contributed by atoms with Gasteiger partial charge >= 0.3 is 0 Å². The summed E-state index contributed by atoms with van der Waals surface area (Å²) in [6.45, 7) is 0. The van der Waals surface area contributed by atoms with Crippen LogP contribution in [0.1, 0.15) is 18.4 Å². The minimum Gasteiger partial charge on any atom is -0.301 e. The molecule has 1 amide bonds. The van der Waals surface area contributed by atoms with E-state index in [1.807, 2.05) is 5.38 Å². The minimum absolute atomic E-state index is 0.141.